The van der Waals surface area contributed by atoms with Crippen LogP contribution < -0.4 is 0 Å². The summed E-state index contributed by atoms with van der Waals surface area (Å²) in [6.45, 7) is 1.77. The van der Waals surface area contributed by atoms with Gasteiger partial charge < -0.3 is 40.9 Å². The molecule has 0 aliphatic carbocycles. The Morgan fingerprint density at radius 3 is 1.57 bits per heavy atom. The number of carbonyl (C=O) groups is 1. The van der Waals surface area contributed by atoms with Gasteiger partial charge in [0, 0.05) is 6.42 Å². The van der Waals surface area contributed by atoms with E-state index in [0.29, 0.717) is 24.6 Å². The summed E-state index contributed by atoms with van der Waals surface area (Å²) >= 11 is 0. The molecule has 166 valence electrons. The average Bonchev–Trinajstić information content (AvgIpc) is 2.62. The second kappa shape index (κ2) is 12.0. The van der Waals surface area contributed by atoms with Crippen molar-refractivity contribution in [1.82, 2.24) is 0 Å². The summed E-state index contributed by atoms with van der Waals surface area (Å²) in [6.07, 6.45) is 10.1. The Morgan fingerprint density at radius 1 is 0.733 bits per heavy atom. The van der Waals surface area contributed by atoms with Crippen LogP contribution in [0, 0.1) is 0 Å². The Balaban J connectivity index is 5.01. The van der Waals surface area contributed by atoms with E-state index in [4.69, 9.17) is 13.0 Å². The van der Waals surface area contributed by atoms with Gasteiger partial charge in [-0.05, 0) is 55.7 Å². The third kappa shape index (κ3) is 14.9. The lowest BCUT2D eigenvalue weighted by Gasteiger charge is -2.21. The van der Waals surface area contributed by atoms with Crippen LogP contribution >= 0.6 is 0 Å². The largest absolute Gasteiger partial charge is 0.481 e. The van der Waals surface area contributed by atoms with Gasteiger partial charge in [0.15, 0.2) is 0 Å². The van der Waals surface area contributed by atoms with E-state index in [9.17, 15) is 40.5 Å². The number of rotatable bonds is 13. The number of aliphatic carboxylic acids is 1. The van der Waals surface area contributed by atoms with E-state index in [-0.39, 0.29) is 19.3 Å². The summed E-state index contributed by atoms with van der Waals surface area (Å²) in [4.78, 5) is 10.4. The summed E-state index contributed by atoms with van der Waals surface area (Å²) in [6, 6.07) is 0. The van der Waals surface area contributed by atoms with E-state index in [1.807, 2.05) is 0 Å². The van der Waals surface area contributed by atoms with E-state index < -0.39 is 28.8 Å². The van der Waals surface area contributed by atoms with Crippen molar-refractivity contribution in [2.75, 3.05) is 0 Å². The number of carboxylic acids is 1. The van der Waals surface area contributed by atoms with Crippen molar-refractivity contribution in [2.24, 2.45) is 0 Å². The maximum atomic E-state index is 10.4. The van der Waals surface area contributed by atoms with E-state index >= 15 is 0 Å². The van der Waals surface area contributed by atoms with Gasteiger partial charge in [0.25, 0.3) is 0 Å². The predicted octanol–water partition coefficient (Wildman–Crippen LogP) is -0.668. The van der Waals surface area contributed by atoms with Crippen molar-refractivity contribution in [2.45, 2.75) is 55.5 Å². The fraction of sp³-hybridized carbons (Fsp3) is 0.450. The van der Waals surface area contributed by atoms with Gasteiger partial charge in [-0.3, -0.25) is 4.79 Å². The minimum absolute atomic E-state index is 0.0791. The van der Waals surface area contributed by atoms with Crippen LogP contribution in [0.4, 0.5) is 0 Å². The summed E-state index contributed by atoms with van der Waals surface area (Å²) in [5, 5.41) is 76.8. The Morgan fingerprint density at radius 2 is 1.13 bits per heavy atom. The molecule has 0 aromatic carbocycles. The molecule has 8 N–H and O–H groups in total. The van der Waals surface area contributed by atoms with Gasteiger partial charge in [-0.1, -0.05) is 31.2 Å². The van der Waals surface area contributed by atoms with Gasteiger partial charge in [0.2, 0.25) is 17.4 Å². The minimum Gasteiger partial charge on any atom is -0.481 e. The SMILES string of the molecule is [B]C(O)(/C=C\C(O)(O)/C=C\CC)/C=C\C(O)(O)/C=C\C(O)(O)/C=C\CCCC(=O)O. The van der Waals surface area contributed by atoms with Crippen LogP contribution in [0.2, 0.25) is 0 Å². The zero-order chi connectivity index (χ0) is 23.5. The van der Waals surface area contributed by atoms with Crippen molar-refractivity contribution in [3.8, 4) is 0 Å². The lowest BCUT2D eigenvalue weighted by molar-refractivity contribution is -0.137. The molecule has 1 unspecified atom stereocenters. The first-order valence-corrected chi connectivity index (χ1v) is 9.13. The van der Waals surface area contributed by atoms with E-state index in [1.54, 1.807) is 6.92 Å². The zero-order valence-electron chi connectivity index (χ0n) is 16.7. The van der Waals surface area contributed by atoms with Crippen LogP contribution in [0.25, 0.3) is 0 Å². The lowest BCUT2D eigenvalue weighted by Crippen LogP contribution is -2.30. The highest BCUT2D eigenvalue weighted by molar-refractivity contribution is 6.17. The van der Waals surface area contributed by atoms with Crippen molar-refractivity contribution >= 4 is 13.8 Å². The molecule has 0 aromatic rings. The molecule has 0 aromatic heterocycles. The second-order valence-corrected chi connectivity index (χ2v) is 6.74. The monoisotopic (exact) mass is 424 g/mol. The molecule has 0 spiro atoms. The molecule has 0 aliphatic rings. The van der Waals surface area contributed by atoms with Crippen LogP contribution in [0.1, 0.15) is 32.6 Å². The molecule has 0 bridgehead atoms. The quantitative estimate of drug-likeness (QED) is 0.0824. The number of aliphatic hydroxyl groups is 7. The van der Waals surface area contributed by atoms with Crippen molar-refractivity contribution in [3.05, 3.63) is 60.8 Å². The molecule has 10 heteroatoms. The first kappa shape index (κ1) is 28.0. The Labute approximate surface area is 176 Å². The molecule has 0 amide bonds. The third-order valence-electron chi connectivity index (χ3n) is 3.49. The molecular formula is C20H29BO9. The van der Waals surface area contributed by atoms with Crippen LogP contribution in [0.3, 0.4) is 0 Å². The molecule has 30 heavy (non-hydrogen) atoms. The number of hydrogen-bond donors (Lipinski definition) is 8. The summed E-state index contributed by atoms with van der Waals surface area (Å²) < 4.78 is 0. The Hall–Kier alpha value is -2.05. The average molecular weight is 424 g/mol. The van der Waals surface area contributed by atoms with E-state index in [1.165, 1.54) is 12.2 Å². The van der Waals surface area contributed by atoms with Crippen LogP contribution in [0.15, 0.2) is 60.8 Å². The zero-order valence-corrected chi connectivity index (χ0v) is 16.7. The number of carboxylic acid groups (broad SMARTS) is 1. The highest BCUT2D eigenvalue weighted by Gasteiger charge is 2.23. The summed E-state index contributed by atoms with van der Waals surface area (Å²) in [7, 11) is 5.49. The molecule has 0 saturated heterocycles. The Bertz CT molecular complexity index is 686. The van der Waals surface area contributed by atoms with Crippen LogP contribution in [-0.4, -0.2) is 77.5 Å². The molecule has 2 radical (unpaired) electrons. The summed E-state index contributed by atoms with van der Waals surface area (Å²) in [5.41, 5.74) is -2.28. The van der Waals surface area contributed by atoms with Gasteiger partial charge >= 0.3 is 5.97 Å². The van der Waals surface area contributed by atoms with E-state index in [2.05, 4.69) is 0 Å². The Kier molecular flexibility index (Phi) is 11.2. The molecule has 0 saturated carbocycles. The van der Waals surface area contributed by atoms with Gasteiger partial charge in [0.1, 0.15) is 7.85 Å². The van der Waals surface area contributed by atoms with Gasteiger partial charge in [-0.15, -0.1) is 0 Å². The maximum absolute atomic E-state index is 10.4. The van der Waals surface area contributed by atoms with Crippen molar-refractivity contribution in [1.29, 1.82) is 0 Å². The topological polar surface area (TPSA) is 179 Å². The molecule has 0 rings (SSSR count). The van der Waals surface area contributed by atoms with Crippen molar-refractivity contribution in [3.63, 3.8) is 0 Å². The molecule has 1 atom stereocenters. The molecular weight excluding hydrogens is 395 g/mol. The highest BCUT2D eigenvalue weighted by Crippen LogP contribution is 2.15. The fourth-order valence-electron chi connectivity index (χ4n) is 1.90. The second-order valence-electron chi connectivity index (χ2n) is 6.74. The van der Waals surface area contributed by atoms with Crippen LogP contribution in [-0.2, 0) is 4.79 Å². The molecule has 9 nitrogen and oxygen atoms in total. The maximum Gasteiger partial charge on any atom is 0.303 e. The van der Waals surface area contributed by atoms with Gasteiger partial charge in [0.05, 0.1) is 5.50 Å². The fourth-order valence-corrected chi connectivity index (χ4v) is 1.90. The van der Waals surface area contributed by atoms with Crippen molar-refractivity contribution < 1.29 is 45.6 Å². The van der Waals surface area contributed by atoms with E-state index in [0.717, 1.165) is 30.4 Å². The van der Waals surface area contributed by atoms with Crippen LogP contribution in [0.5, 0.6) is 0 Å². The summed E-state index contributed by atoms with van der Waals surface area (Å²) in [5.74, 6) is -8.61. The first-order valence-electron chi connectivity index (χ1n) is 9.13. The molecule has 0 fully saturated rings. The number of hydrogen-bond acceptors (Lipinski definition) is 8. The molecule has 0 aliphatic heterocycles. The smallest absolute Gasteiger partial charge is 0.303 e. The van der Waals surface area contributed by atoms with Gasteiger partial charge in [-0.2, -0.15) is 0 Å². The lowest BCUT2D eigenvalue weighted by atomic mass is 9.80. The minimum atomic E-state index is -2.73. The number of allylic oxidation sites excluding steroid dienone is 2. The van der Waals surface area contributed by atoms with Gasteiger partial charge in [-0.25, -0.2) is 0 Å². The number of unbranched alkanes of at least 4 members (excludes halogenated alkanes) is 1. The standard InChI is InChI=1S/C20H29BO9/c1-2-3-8-18(25,26)12-10-17(21,24)11-13-20(29,30)15-14-19(27,28)9-6-4-5-7-16(22)23/h3,6,8-15,24-30H,2,4-5,7H2,1H3,(H,22,23)/b8-3-,9-6-,12-10-,13-11-,15-14-. The molecule has 0 heterocycles. The predicted molar refractivity (Wildman–Crippen MR) is 110 cm³/mol. The normalized spacial score (nSPS) is 16.5. The third-order valence-corrected chi connectivity index (χ3v) is 3.49. The first-order chi connectivity index (χ1) is 13.6. The highest BCUT2D eigenvalue weighted by atomic mass is 16.5.